The Morgan fingerprint density at radius 3 is 2.31 bits per heavy atom. The summed E-state index contributed by atoms with van der Waals surface area (Å²) in [5.41, 5.74) is 0. The van der Waals surface area contributed by atoms with E-state index in [9.17, 15) is 21.6 Å². The second-order valence-corrected chi connectivity index (χ2v) is 5.35. The van der Waals surface area contributed by atoms with Gasteiger partial charge in [0.1, 0.15) is 0 Å². The Morgan fingerprint density at radius 2 is 1.94 bits per heavy atom. The normalized spacial score (nSPS) is 13.1. The SMILES string of the molecule is CCCn1c(C(F)(F)F)nnc1S(=O)(=O)Cl. The van der Waals surface area contributed by atoms with Gasteiger partial charge in [0.05, 0.1) is 0 Å². The number of aromatic nitrogens is 3. The molecule has 0 atom stereocenters. The summed E-state index contributed by atoms with van der Waals surface area (Å²) < 4.78 is 59.6. The lowest BCUT2D eigenvalue weighted by Gasteiger charge is -2.09. The van der Waals surface area contributed by atoms with Gasteiger partial charge in [0, 0.05) is 17.2 Å². The van der Waals surface area contributed by atoms with Crippen LogP contribution in [0.15, 0.2) is 5.16 Å². The summed E-state index contributed by atoms with van der Waals surface area (Å²) in [6, 6.07) is 0. The zero-order valence-corrected chi connectivity index (χ0v) is 9.56. The molecule has 0 aliphatic carbocycles. The number of nitrogens with zero attached hydrogens (tertiary/aromatic N) is 3. The van der Waals surface area contributed by atoms with Crippen LogP contribution < -0.4 is 0 Å². The van der Waals surface area contributed by atoms with Crippen molar-refractivity contribution in [3.63, 3.8) is 0 Å². The Morgan fingerprint density at radius 1 is 1.38 bits per heavy atom. The van der Waals surface area contributed by atoms with E-state index >= 15 is 0 Å². The van der Waals surface area contributed by atoms with Gasteiger partial charge >= 0.3 is 6.18 Å². The smallest absolute Gasteiger partial charge is 0.293 e. The maximum Gasteiger partial charge on any atom is 0.451 e. The Labute approximate surface area is 93.6 Å². The van der Waals surface area contributed by atoms with Gasteiger partial charge in [-0.05, 0) is 6.42 Å². The molecule has 16 heavy (non-hydrogen) atoms. The molecule has 1 aromatic heterocycles. The van der Waals surface area contributed by atoms with Crippen LogP contribution in [0.2, 0.25) is 0 Å². The van der Waals surface area contributed by atoms with Crippen LogP contribution in [0.1, 0.15) is 19.2 Å². The molecule has 1 rings (SSSR count). The summed E-state index contributed by atoms with van der Waals surface area (Å²) in [6.07, 6.45) is -4.47. The first-order valence-corrected chi connectivity index (χ1v) is 6.44. The summed E-state index contributed by atoms with van der Waals surface area (Å²) >= 11 is 0. The predicted molar refractivity (Wildman–Crippen MR) is 48.4 cm³/mol. The molecule has 1 heterocycles. The van der Waals surface area contributed by atoms with Crippen molar-refractivity contribution < 1.29 is 21.6 Å². The molecule has 0 unspecified atom stereocenters. The van der Waals surface area contributed by atoms with E-state index in [1.165, 1.54) is 0 Å². The number of hydrogen-bond donors (Lipinski definition) is 0. The van der Waals surface area contributed by atoms with Gasteiger partial charge in [0.15, 0.2) is 0 Å². The summed E-state index contributed by atoms with van der Waals surface area (Å²) in [5.74, 6) is -1.37. The van der Waals surface area contributed by atoms with E-state index in [0.29, 0.717) is 11.0 Å². The first-order chi connectivity index (χ1) is 7.18. The minimum Gasteiger partial charge on any atom is -0.293 e. The van der Waals surface area contributed by atoms with Gasteiger partial charge < -0.3 is 0 Å². The van der Waals surface area contributed by atoms with Crippen molar-refractivity contribution >= 4 is 19.7 Å². The first kappa shape index (κ1) is 13.2. The highest BCUT2D eigenvalue weighted by atomic mass is 35.7. The van der Waals surface area contributed by atoms with E-state index in [1.54, 1.807) is 6.92 Å². The summed E-state index contributed by atoms with van der Waals surface area (Å²) in [7, 11) is 0.611. The highest BCUT2D eigenvalue weighted by Gasteiger charge is 2.40. The maximum absolute atomic E-state index is 12.4. The molecule has 1 aromatic rings. The molecule has 0 spiro atoms. The molecular weight excluding hydrogens is 271 g/mol. The fourth-order valence-electron chi connectivity index (χ4n) is 1.10. The van der Waals surface area contributed by atoms with Crippen molar-refractivity contribution in [1.82, 2.24) is 14.8 Å². The molecule has 0 bridgehead atoms. The predicted octanol–water partition coefficient (Wildman–Crippen LogP) is 1.63. The molecule has 92 valence electrons. The largest absolute Gasteiger partial charge is 0.451 e. The van der Waals surface area contributed by atoms with Gasteiger partial charge in [-0.2, -0.15) is 13.2 Å². The summed E-state index contributed by atoms with van der Waals surface area (Å²) in [6.45, 7) is 1.41. The number of alkyl halides is 3. The molecule has 0 aromatic carbocycles. The van der Waals surface area contributed by atoms with Gasteiger partial charge in [-0.15, -0.1) is 10.2 Å². The lowest BCUT2D eigenvalue weighted by molar-refractivity contribution is -0.147. The molecular formula is C6H7ClF3N3O2S. The third kappa shape index (κ3) is 2.64. The van der Waals surface area contributed by atoms with Crippen molar-refractivity contribution in [2.24, 2.45) is 0 Å². The molecule has 0 aliphatic rings. The number of halogens is 4. The standard InChI is InChI=1S/C6H7ClF3N3O2S/c1-2-3-13-4(6(8,9)10)11-12-5(13)16(7,14)15/h2-3H2,1H3. The van der Waals surface area contributed by atoms with E-state index < -0.39 is 26.2 Å². The Balaban J connectivity index is 3.40. The zero-order valence-electron chi connectivity index (χ0n) is 7.99. The van der Waals surface area contributed by atoms with Crippen LogP contribution in [0.5, 0.6) is 0 Å². The van der Waals surface area contributed by atoms with Crippen LogP contribution in [0.25, 0.3) is 0 Å². The Kier molecular flexibility index (Phi) is 3.48. The van der Waals surface area contributed by atoms with Crippen LogP contribution in [0.4, 0.5) is 13.2 Å². The minimum absolute atomic E-state index is 0.177. The molecule has 0 amide bonds. The van der Waals surface area contributed by atoms with Crippen LogP contribution in [0, 0.1) is 0 Å². The highest BCUT2D eigenvalue weighted by Crippen LogP contribution is 2.29. The summed E-state index contributed by atoms with van der Waals surface area (Å²) in [5, 5.41) is 4.86. The van der Waals surface area contributed by atoms with Crippen LogP contribution in [0.3, 0.4) is 0 Å². The van der Waals surface area contributed by atoms with Crippen molar-refractivity contribution in [3.05, 3.63) is 5.82 Å². The lowest BCUT2D eigenvalue weighted by Crippen LogP contribution is -2.17. The zero-order chi connectivity index (χ0) is 12.6. The summed E-state index contributed by atoms with van der Waals surface area (Å²) in [4.78, 5) is 0. The van der Waals surface area contributed by atoms with Crippen LogP contribution in [-0.4, -0.2) is 23.2 Å². The number of rotatable bonds is 3. The van der Waals surface area contributed by atoms with Gasteiger partial charge in [-0.3, -0.25) is 4.57 Å². The monoisotopic (exact) mass is 277 g/mol. The Bertz CT molecular complexity index is 482. The average molecular weight is 278 g/mol. The lowest BCUT2D eigenvalue weighted by atomic mass is 10.4. The van der Waals surface area contributed by atoms with Crippen molar-refractivity contribution in [1.29, 1.82) is 0 Å². The molecule has 0 saturated heterocycles. The molecule has 0 saturated carbocycles. The van der Waals surface area contributed by atoms with Crippen molar-refractivity contribution in [2.75, 3.05) is 0 Å². The van der Waals surface area contributed by atoms with Crippen LogP contribution in [-0.2, 0) is 21.8 Å². The molecule has 0 fully saturated rings. The third-order valence-corrected chi connectivity index (χ3v) is 2.79. The number of hydrogen-bond acceptors (Lipinski definition) is 4. The molecule has 10 heteroatoms. The van der Waals surface area contributed by atoms with Crippen molar-refractivity contribution in [2.45, 2.75) is 31.2 Å². The molecule has 0 aliphatic heterocycles. The minimum atomic E-state index is -4.76. The quantitative estimate of drug-likeness (QED) is 0.788. The van der Waals surface area contributed by atoms with E-state index in [-0.39, 0.29) is 6.54 Å². The van der Waals surface area contributed by atoms with Crippen molar-refractivity contribution in [3.8, 4) is 0 Å². The third-order valence-electron chi connectivity index (χ3n) is 1.64. The molecule has 0 radical (unpaired) electrons. The maximum atomic E-state index is 12.4. The van der Waals surface area contributed by atoms with Gasteiger partial charge in [-0.1, -0.05) is 6.92 Å². The second kappa shape index (κ2) is 4.21. The van der Waals surface area contributed by atoms with Gasteiger partial charge in [0.2, 0.25) is 5.82 Å². The average Bonchev–Trinajstić information content (AvgIpc) is 2.46. The Hall–Kier alpha value is -0.830. The van der Waals surface area contributed by atoms with Gasteiger partial charge in [-0.25, -0.2) is 8.42 Å². The topological polar surface area (TPSA) is 64.8 Å². The van der Waals surface area contributed by atoms with E-state index in [2.05, 4.69) is 10.2 Å². The molecule has 5 nitrogen and oxygen atoms in total. The molecule has 0 N–H and O–H groups in total. The van der Waals surface area contributed by atoms with Crippen LogP contribution >= 0.6 is 10.7 Å². The second-order valence-electron chi connectivity index (χ2n) is 2.89. The highest BCUT2D eigenvalue weighted by molar-refractivity contribution is 8.13. The fourth-order valence-corrected chi connectivity index (χ4v) is 2.03. The van der Waals surface area contributed by atoms with E-state index in [0.717, 1.165) is 0 Å². The first-order valence-electron chi connectivity index (χ1n) is 4.13. The van der Waals surface area contributed by atoms with E-state index in [1.807, 2.05) is 0 Å². The van der Waals surface area contributed by atoms with Gasteiger partial charge in [0.25, 0.3) is 14.2 Å². The fraction of sp³-hybridized carbons (Fsp3) is 0.667. The van der Waals surface area contributed by atoms with E-state index in [4.69, 9.17) is 10.7 Å².